The average Bonchev–Trinajstić information content (AvgIpc) is 2.25. The Labute approximate surface area is 103 Å². The maximum absolute atomic E-state index is 3.57. The van der Waals surface area contributed by atoms with Gasteiger partial charge in [-0.3, -0.25) is 4.90 Å². The third-order valence-electron chi connectivity index (χ3n) is 3.17. The number of hydrogen-bond donors (Lipinski definition) is 1. The molecule has 0 saturated carbocycles. The quantitative estimate of drug-likeness (QED) is 0.578. The van der Waals surface area contributed by atoms with Crippen LogP contribution in [0.1, 0.15) is 53.9 Å². The Morgan fingerprint density at radius 1 is 1.12 bits per heavy atom. The van der Waals surface area contributed by atoms with Crippen LogP contribution in [0, 0.1) is 5.92 Å². The van der Waals surface area contributed by atoms with Crippen molar-refractivity contribution in [2.45, 2.75) is 59.9 Å². The first-order chi connectivity index (χ1) is 7.61. The summed E-state index contributed by atoms with van der Waals surface area (Å²) in [6, 6.07) is 0.670. The Bertz CT molecular complexity index is 146. The van der Waals surface area contributed by atoms with Crippen molar-refractivity contribution < 1.29 is 0 Å². The van der Waals surface area contributed by atoms with E-state index in [0.29, 0.717) is 6.04 Å². The lowest BCUT2D eigenvalue weighted by Crippen LogP contribution is -2.41. The smallest absolute Gasteiger partial charge is 0.0192 e. The van der Waals surface area contributed by atoms with Gasteiger partial charge in [0.05, 0.1) is 0 Å². The van der Waals surface area contributed by atoms with E-state index in [-0.39, 0.29) is 0 Å². The van der Waals surface area contributed by atoms with Crippen LogP contribution in [0.5, 0.6) is 0 Å². The maximum Gasteiger partial charge on any atom is 0.0192 e. The molecule has 0 bridgehead atoms. The Hall–Kier alpha value is -0.0800. The van der Waals surface area contributed by atoms with Gasteiger partial charge in [-0.15, -0.1) is 0 Å². The molecule has 0 radical (unpaired) electrons. The molecule has 0 aliphatic heterocycles. The van der Waals surface area contributed by atoms with Gasteiger partial charge in [0.1, 0.15) is 0 Å². The Morgan fingerprint density at radius 3 is 2.31 bits per heavy atom. The number of unbranched alkanes of at least 4 members (excludes halogenated alkanes) is 1. The first kappa shape index (κ1) is 15.9. The van der Waals surface area contributed by atoms with Gasteiger partial charge < -0.3 is 5.32 Å². The molecule has 0 spiro atoms. The SMILES string of the molecule is CCCCN(CC)C(C)CNCCC(C)C. The van der Waals surface area contributed by atoms with Crippen LogP contribution < -0.4 is 5.32 Å². The van der Waals surface area contributed by atoms with Crippen molar-refractivity contribution in [3.8, 4) is 0 Å². The Kier molecular flexibility index (Phi) is 10.0. The van der Waals surface area contributed by atoms with E-state index < -0.39 is 0 Å². The molecule has 0 rings (SSSR count). The molecule has 2 nitrogen and oxygen atoms in total. The highest BCUT2D eigenvalue weighted by molar-refractivity contribution is 4.68. The fraction of sp³-hybridized carbons (Fsp3) is 1.00. The molecule has 0 aromatic carbocycles. The summed E-state index contributed by atoms with van der Waals surface area (Å²) in [4.78, 5) is 2.58. The lowest BCUT2D eigenvalue weighted by molar-refractivity contribution is 0.211. The third-order valence-corrected chi connectivity index (χ3v) is 3.17. The van der Waals surface area contributed by atoms with Crippen molar-refractivity contribution in [1.82, 2.24) is 10.2 Å². The molecular formula is C14H32N2. The topological polar surface area (TPSA) is 15.3 Å². The third kappa shape index (κ3) is 8.12. The first-order valence-electron chi connectivity index (χ1n) is 7.06. The van der Waals surface area contributed by atoms with Crippen LogP contribution in [0.3, 0.4) is 0 Å². The van der Waals surface area contributed by atoms with Gasteiger partial charge in [0, 0.05) is 12.6 Å². The van der Waals surface area contributed by atoms with E-state index in [1.165, 1.54) is 32.4 Å². The van der Waals surface area contributed by atoms with Gasteiger partial charge in [0.2, 0.25) is 0 Å². The summed E-state index contributed by atoms with van der Waals surface area (Å²) in [5.41, 5.74) is 0. The molecule has 1 atom stereocenters. The zero-order chi connectivity index (χ0) is 12.4. The number of rotatable bonds is 10. The number of likely N-dealkylation sites (N-methyl/N-ethyl adjacent to an activating group) is 1. The van der Waals surface area contributed by atoms with E-state index in [1.807, 2.05) is 0 Å². The van der Waals surface area contributed by atoms with Gasteiger partial charge in [-0.1, -0.05) is 34.1 Å². The van der Waals surface area contributed by atoms with Crippen LogP contribution in [0.4, 0.5) is 0 Å². The second kappa shape index (κ2) is 10.1. The predicted octanol–water partition coefficient (Wildman–Crippen LogP) is 3.13. The first-order valence-corrected chi connectivity index (χ1v) is 7.06. The summed E-state index contributed by atoms with van der Waals surface area (Å²) in [5, 5.41) is 3.57. The molecule has 98 valence electrons. The second-order valence-corrected chi connectivity index (χ2v) is 5.22. The van der Waals surface area contributed by atoms with Crippen LogP contribution in [0.15, 0.2) is 0 Å². The number of nitrogens with zero attached hydrogens (tertiary/aromatic N) is 1. The monoisotopic (exact) mass is 228 g/mol. The van der Waals surface area contributed by atoms with Gasteiger partial charge >= 0.3 is 0 Å². The fourth-order valence-electron chi connectivity index (χ4n) is 1.88. The van der Waals surface area contributed by atoms with Crippen molar-refractivity contribution in [2.24, 2.45) is 5.92 Å². The van der Waals surface area contributed by atoms with E-state index in [9.17, 15) is 0 Å². The van der Waals surface area contributed by atoms with Crippen LogP contribution in [0.2, 0.25) is 0 Å². The highest BCUT2D eigenvalue weighted by Gasteiger charge is 2.10. The van der Waals surface area contributed by atoms with Crippen LogP contribution in [-0.4, -0.2) is 37.1 Å². The molecule has 0 aliphatic rings. The largest absolute Gasteiger partial charge is 0.315 e. The van der Waals surface area contributed by atoms with Crippen molar-refractivity contribution in [2.75, 3.05) is 26.2 Å². The van der Waals surface area contributed by atoms with E-state index in [4.69, 9.17) is 0 Å². The van der Waals surface area contributed by atoms with Crippen molar-refractivity contribution in [3.05, 3.63) is 0 Å². The molecule has 1 N–H and O–H groups in total. The van der Waals surface area contributed by atoms with E-state index >= 15 is 0 Å². The molecule has 0 saturated heterocycles. The lowest BCUT2D eigenvalue weighted by Gasteiger charge is -2.28. The van der Waals surface area contributed by atoms with Gasteiger partial charge in [0.15, 0.2) is 0 Å². The summed E-state index contributed by atoms with van der Waals surface area (Å²) in [6.07, 6.45) is 3.90. The lowest BCUT2D eigenvalue weighted by atomic mass is 10.1. The highest BCUT2D eigenvalue weighted by atomic mass is 15.2. The molecule has 16 heavy (non-hydrogen) atoms. The van der Waals surface area contributed by atoms with Crippen LogP contribution in [0.25, 0.3) is 0 Å². The summed E-state index contributed by atoms with van der Waals surface area (Å²) < 4.78 is 0. The molecule has 2 heteroatoms. The van der Waals surface area contributed by atoms with Crippen molar-refractivity contribution >= 4 is 0 Å². The summed E-state index contributed by atoms with van der Waals surface area (Å²) in [5.74, 6) is 0.810. The molecule has 0 aromatic rings. The molecule has 0 amide bonds. The van der Waals surface area contributed by atoms with Crippen LogP contribution in [-0.2, 0) is 0 Å². The van der Waals surface area contributed by atoms with Gasteiger partial charge in [-0.25, -0.2) is 0 Å². The Morgan fingerprint density at radius 2 is 1.81 bits per heavy atom. The van der Waals surface area contributed by atoms with Gasteiger partial charge in [-0.2, -0.15) is 0 Å². The molecular weight excluding hydrogens is 196 g/mol. The zero-order valence-corrected chi connectivity index (χ0v) is 12.1. The fourth-order valence-corrected chi connectivity index (χ4v) is 1.88. The van der Waals surface area contributed by atoms with Crippen molar-refractivity contribution in [3.63, 3.8) is 0 Å². The normalized spacial score (nSPS) is 13.7. The van der Waals surface area contributed by atoms with E-state index in [1.54, 1.807) is 0 Å². The molecule has 0 heterocycles. The Balaban J connectivity index is 3.62. The maximum atomic E-state index is 3.57. The van der Waals surface area contributed by atoms with Crippen molar-refractivity contribution in [1.29, 1.82) is 0 Å². The summed E-state index contributed by atoms with van der Waals surface area (Å²) in [7, 11) is 0. The zero-order valence-electron chi connectivity index (χ0n) is 12.1. The molecule has 1 unspecified atom stereocenters. The highest BCUT2D eigenvalue weighted by Crippen LogP contribution is 2.01. The van der Waals surface area contributed by atoms with Gasteiger partial charge in [0.25, 0.3) is 0 Å². The minimum absolute atomic E-state index is 0.670. The second-order valence-electron chi connectivity index (χ2n) is 5.22. The molecule has 0 aliphatic carbocycles. The molecule has 0 aromatic heterocycles. The number of hydrogen-bond acceptors (Lipinski definition) is 2. The van der Waals surface area contributed by atoms with Crippen LogP contribution >= 0.6 is 0 Å². The standard InChI is InChI=1S/C14H32N2/c1-6-8-11-16(7-2)14(5)12-15-10-9-13(3)4/h13-15H,6-12H2,1-5H3. The summed E-state index contributed by atoms with van der Waals surface area (Å²) in [6.45, 7) is 16.1. The minimum atomic E-state index is 0.670. The van der Waals surface area contributed by atoms with Gasteiger partial charge in [-0.05, 0) is 45.3 Å². The van der Waals surface area contributed by atoms with E-state index in [0.717, 1.165) is 19.0 Å². The van der Waals surface area contributed by atoms with E-state index in [2.05, 4.69) is 44.8 Å². The average molecular weight is 228 g/mol. The minimum Gasteiger partial charge on any atom is -0.315 e. The molecule has 0 fully saturated rings. The summed E-state index contributed by atoms with van der Waals surface area (Å²) >= 11 is 0. The number of nitrogens with one attached hydrogen (secondary N) is 1. The predicted molar refractivity (Wildman–Crippen MR) is 73.9 cm³/mol.